The number of nitrogens with zero attached hydrogens (tertiary/aromatic N) is 4. The topological polar surface area (TPSA) is 81.3 Å². The summed E-state index contributed by atoms with van der Waals surface area (Å²) in [4.78, 5) is 31.2. The van der Waals surface area contributed by atoms with Gasteiger partial charge >= 0.3 is 0 Å². The molecule has 7 nitrogen and oxygen atoms in total. The van der Waals surface area contributed by atoms with Gasteiger partial charge in [-0.1, -0.05) is 18.1 Å². The molecule has 1 atom stereocenters. The van der Waals surface area contributed by atoms with E-state index in [-0.39, 0.29) is 11.1 Å². The lowest BCUT2D eigenvalue weighted by molar-refractivity contribution is 0.0939. The number of aromatic nitrogens is 4. The number of aryl methyl sites for hydroxylation is 1. The van der Waals surface area contributed by atoms with Crippen molar-refractivity contribution in [1.29, 1.82) is 0 Å². The molecule has 0 spiro atoms. The van der Waals surface area contributed by atoms with Gasteiger partial charge in [0.15, 0.2) is 17.3 Å². The number of nitrogens with one attached hydrogen (secondary N) is 1. The van der Waals surface area contributed by atoms with Crippen LogP contribution in [-0.2, 0) is 0 Å². The number of carbonyl (C=O) groups excluding carboxylic acids is 1. The molecule has 5 aromatic rings. The van der Waals surface area contributed by atoms with Crippen LogP contribution in [-0.4, -0.2) is 25.1 Å². The molecule has 5 rings (SSSR count). The van der Waals surface area contributed by atoms with Crippen molar-refractivity contribution in [3.8, 4) is 18.0 Å². The van der Waals surface area contributed by atoms with Gasteiger partial charge in [0.25, 0.3) is 11.5 Å². The highest BCUT2D eigenvalue weighted by Gasteiger charge is 2.23. The van der Waals surface area contributed by atoms with Gasteiger partial charge in [-0.05, 0) is 49.6 Å². The minimum Gasteiger partial charge on any atom is -0.344 e. The molecule has 0 saturated heterocycles. The van der Waals surface area contributed by atoms with Gasteiger partial charge in [0.2, 0.25) is 0 Å². The average Bonchev–Trinajstić information content (AvgIpc) is 3.21. The highest BCUT2D eigenvalue weighted by Crippen LogP contribution is 2.25. The number of pyridine rings is 1. The smallest absolute Gasteiger partial charge is 0.264 e. The summed E-state index contributed by atoms with van der Waals surface area (Å²) in [5.74, 6) is -0.106. The summed E-state index contributed by atoms with van der Waals surface area (Å²) in [5, 5.41) is 8.02. The van der Waals surface area contributed by atoms with E-state index >= 15 is 0 Å². The second kappa shape index (κ2) is 8.74. The molecule has 0 fully saturated rings. The minimum absolute atomic E-state index is 0.0950. The van der Waals surface area contributed by atoms with E-state index in [2.05, 4.69) is 21.3 Å². The number of amides is 1. The third kappa shape index (κ3) is 3.69. The van der Waals surface area contributed by atoms with Crippen LogP contribution in [0.4, 0.5) is 8.78 Å². The van der Waals surface area contributed by atoms with E-state index in [9.17, 15) is 18.4 Å². The van der Waals surface area contributed by atoms with Gasteiger partial charge in [0.1, 0.15) is 5.56 Å². The Morgan fingerprint density at radius 2 is 1.94 bits per heavy atom. The van der Waals surface area contributed by atoms with E-state index < -0.39 is 29.1 Å². The molecule has 0 saturated carbocycles. The molecule has 1 amide bonds. The molecule has 0 bridgehead atoms. The summed E-state index contributed by atoms with van der Waals surface area (Å²) in [7, 11) is 0. The lowest BCUT2D eigenvalue weighted by Crippen LogP contribution is -2.32. The van der Waals surface area contributed by atoms with Crippen LogP contribution in [0, 0.1) is 30.9 Å². The number of fused-ring (bicyclic) bond motifs is 2. The maximum Gasteiger partial charge on any atom is 0.264 e. The zero-order valence-corrected chi connectivity index (χ0v) is 19.3. The SMILES string of the molecule is C#Cc1cccc2cc([C@@H](C)NC(=O)c3c(C)nn4cccnc34)n(-c3ccc(F)c(F)c3)c(=O)c12. The van der Waals surface area contributed by atoms with Gasteiger partial charge in [-0.25, -0.2) is 18.3 Å². The van der Waals surface area contributed by atoms with Crippen LogP contribution in [0.2, 0.25) is 0 Å². The maximum absolute atomic E-state index is 14.2. The summed E-state index contributed by atoms with van der Waals surface area (Å²) in [6.45, 7) is 3.39. The number of rotatable bonds is 4. The highest BCUT2D eigenvalue weighted by molar-refractivity contribution is 6.01. The second-order valence-electron chi connectivity index (χ2n) is 8.27. The van der Waals surface area contributed by atoms with Crippen LogP contribution in [0.5, 0.6) is 0 Å². The fourth-order valence-electron chi connectivity index (χ4n) is 4.32. The normalized spacial score (nSPS) is 12.0. The van der Waals surface area contributed by atoms with Crippen molar-refractivity contribution in [2.45, 2.75) is 19.9 Å². The molecule has 0 aliphatic heterocycles. The summed E-state index contributed by atoms with van der Waals surface area (Å²) >= 11 is 0. The average molecular weight is 483 g/mol. The van der Waals surface area contributed by atoms with Gasteiger partial charge in [-0.15, -0.1) is 6.42 Å². The molecule has 2 aromatic carbocycles. The predicted octanol–water partition coefficient (Wildman–Crippen LogP) is 4.09. The first-order valence-corrected chi connectivity index (χ1v) is 11.0. The number of halogens is 2. The highest BCUT2D eigenvalue weighted by atomic mass is 19.2. The minimum atomic E-state index is -1.11. The summed E-state index contributed by atoms with van der Waals surface area (Å²) < 4.78 is 30.6. The van der Waals surface area contributed by atoms with Crippen molar-refractivity contribution in [3.05, 3.63) is 105 Å². The summed E-state index contributed by atoms with van der Waals surface area (Å²) in [6.07, 6.45) is 8.86. The van der Waals surface area contributed by atoms with Crippen molar-refractivity contribution in [2.24, 2.45) is 0 Å². The number of terminal acetylenes is 1. The number of hydrogen-bond donors (Lipinski definition) is 1. The lowest BCUT2D eigenvalue weighted by Gasteiger charge is -2.21. The second-order valence-corrected chi connectivity index (χ2v) is 8.27. The number of hydrogen-bond acceptors (Lipinski definition) is 4. The van der Waals surface area contributed by atoms with Gasteiger partial charge in [0, 0.05) is 29.7 Å². The van der Waals surface area contributed by atoms with Crippen LogP contribution in [0.15, 0.2) is 65.7 Å². The predicted molar refractivity (Wildman–Crippen MR) is 131 cm³/mol. The first-order valence-electron chi connectivity index (χ1n) is 11.0. The Hall–Kier alpha value is -4.84. The zero-order chi connectivity index (χ0) is 25.6. The van der Waals surface area contributed by atoms with Crippen molar-refractivity contribution >= 4 is 22.3 Å². The molecule has 0 radical (unpaired) electrons. The van der Waals surface area contributed by atoms with Crippen LogP contribution in [0.3, 0.4) is 0 Å². The summed E-state index contributed by atoms with van der Waals surface area (Å²) in [6, 6.07) is 10.9. The standard InChI is InChI=1S/C27H19F2N5O2/c1-4-17-7-5-8-18-13-22(34(27(36)24(17)18)19-9-10-20(28)21(29)14-19)15(2)31-26(35)23-16(3)32-33-12-6-11-30-25(23)33/h1,5-15H,2-3H3,(H,31,35)/t15-/m1/s1. The molecular weight excluding hydrogens is 464 g/mol. The molecule has 36 heavy (non-hydrogen) atoms. The molecule has 9 heteroatoms. The Balaban J connectivity index is 1.68. The van der Waals surface area contributed by atoms with Crippen LogP contribution < -0.4 is 10.9 Å². The first-order chi connectivity index (χ1) is 17.3. The zero-order valence-electron chi connectivity index (χ0n) is 19.3. The van der Waals surface area contributed by atoms with E-state index in [0.29, 0.717) is 33.5 Å². The van der Waals surface area contributed by atoms with E-state index in [1.807, 2.05) is 0 Å². The first kappa shape index (κ1) is 22.9. The molecule has 1 N–H and O–H groups in total. The van der Waals surface area contributed by atoms with E-state index in [1.54, 1.807) is 56.6 Å². The fraction of sp³-hybridized carbons (Fsp3) is 0.111. The molecule has 0 aliphatic rings. The third-order valence-electron chi connectivity index (χ3n) is 5.98. The Morgan fingerprint density at radius 3 is 2.69 bits per heavy atom. The van der Waals surface area contributed by atoms with E-state index in [4.69, 9.17) is 6.42 Å². The molecule has 178 valence electrons. The van der Waals surface area contributed by atoms with Gasteiger partial charge in [-0.3, -0.25) is 14.2 Å². The van der Waals surface area contributed by atoms with Crippen LogP contribution in [0.1, 0.15) is 40.3 Å². The lowest BCUT2D eigenvalue weighted by atomic mass is 10.0. The number of carbonyl (C=O) groups is 1. The quantitative estimate of drug-likeness (QED) is 0.391. The summed E-state index contributed by atoms with van der Waals surface area (Å²) in [5.41, 5.74) is 1.45. The van der Waals surface area contributed by atoms with Crippen molar-refractivity contribution in [1.82, 2.24) is 24.5 Å². The van der Waals surface area contributed by atoms with E-state index in [0.717, 1.165) is 12.1 Å². The van der Waals surface area contributed by atoms with E-state index in [1.165, 1.54) is 15.1 Å². The molecule has 3 heterocycles. The van der Waals surface area contributed by atoms with Gasteiger partial charge in [0.05, 0.1) is 22.8 Å². The Morgan fingerprint density at radius 1 is 1.14 bits per heavy atom. The van der Waals surface area contributed by atoms with Gasteiger partial charge in [-0.2, -0.15) is 5.10 Å². The largest absolute Gasteiger partial charge is 0.344 e. The Kier molecular flexibility index (Phi) is 5.57. The van der Waals surface area contributed by atoms with Crippen LogP contribution in [0.25, 0.3) is 22.1 Å². The van der Waals surface area contributed by atoms with Crippen molar-refractivity contribution in [3.63, 3.8) is 0 Å². The third-order valence-corrected chi connectivity index (χ3v) is 5.98. The molecule has 3 aromatic heterocycles. The molecular formula is C27H19F2N5O2. The number of benzene rings is 2. The van der Waals surface area contributed by atoms with Crippen molar-refractivity contribution < 1.29 is 13.6 Å². The van der Waals surface area contributed by atoms with Crippen molar-refractivity contribution in [2.75, 3.05) is 0 Å². The molecule has 0 unspecified atom stereocenters. The molecule has 0 aliphatic carbocycles. The van der Waals surface area contributed by atoms with Crippen LogP contribution >= 0.6 is 0 Å². The maximum atomic E-state index is 14.2. The fourth-order valence-corrected chi connectivity index (χ4v) is 4.32. The Labute approximate surface area is 204 Å². The monoisotopic (exact) mass is 483 g/mol. The van der Waals surface area contributed by atoms with Gasteiger partial charge < -0.3 is 5.32 Å². The Bertz CT molecular complexity index is 1780.